The number of benzene rings is 1. The second-order valence-corrected chi connectivity index (χ2v) is 4.40. The minimum atomic E-state index is -0.945. The largest absolute Gasteiger partial charge is 0.328 e. The number of anilines is 1. The third kappa shape index (κ3) is 2.15. The molecule has 5 nitrogen and oxygen atoms in total. The Morgan fingerprint density at radius 2 is 2.28 bits per heavy atom. The minimum absolute atomic E-state index is 0.00221. The van der Waals surface area contributed by atoms with E-state index in [1.165, 1.54) is 17.0 Å². The smallest absolute Gasteiger partial charge is 0.306 e. The molecule has 0 bridgehead atoms. The highest BCUT2D eigenvalue weighted by atomic mass is 35.5. The Labute approximate surface area is 107 Å². The van der Waals surface area contributed by atoms with E-state index in [2.05, 4.69) is 0 Å². The van der Waals surface area contributed by atoms with Crippen molar-refractivity contribution in [1.29, 1.82) is 0 Å². The molecule has 1 atom stereocenters. The van der Waals surface area contributed by atoms with Crippen molar-refractivity contribution in [3.8, 4) is 0 Å². The molecule has 1 aliphatic heterocycles. The molecule has 1 amide bonds. The predicted molar refractivity (Wildman–Crippen MR) is 64.2 cm³/mol. The van der Waals surface area contributed by atoms with Crippen LogP contribution in [0.3, 0.4) is 0 Å². The van der Waals surface area contributed by atoms with Crippen LogP contribution in [0.25, 0.3) is 0 Å². The first-order valence-electron chi connectivity index (χ1n) is 5.33. The molecule has 0 aliphatic carbocycles. The van der Waals surface area contributed by atoms with E-state index in [4.69, 9.17) is 11.6 Å². The zero-order chi connectivity index (χ0) is 13.3. The molecule has 1 aromatic rings. The highest BCUT2D eigenvalue weighted by Gasteiger charge is 2.35. The second kappa shape index (κ2) is 4.89. The van der Waals surface area contributed by atoms with Gasteiger partial charge in [0.15, 0.2) is 0 Å². The van der Waals surface area contributed by atoms with Gasteiger partial charge in [-0.05, 0) is 18.1 Å². The van der Waals surface area contributed by atoms with Crippen LogP contribution in [-0.4, -0.2) is 23.3 Å². The Morgan fingerprint density at radius 1 is 1.56 bits per heavy atom. The van der Waals surface area contributed by atoms with Gasteiger partial charge >= 0.3 is 5.69 Å². The molecule has 0 saturated carbocycles. The number of hydrogen-bond acceptors (Lipinski definition) is 3. The number of para-hydroxylation sites is 1. The summed E-state index contributed by atoms with van der Waals surface area (Å²) in [6, 6.07) is 3.72. The van der Waals surface area contributed by atoms with E-state index in [0.29, 0.717) is 5.88 Å². The number of nitro groups is 1. The average molecular weight is 273 g/mol. The lowest BCUT2D eigenvalue weighted by molar-refractivity contribution is -0.386. The normalized spacial score (nSPS) is 19.3. The van der Waals surface area contributed by atoms with E-state index in [9.17, 15) is 19.3 Å². The van der Waals surface area contributed by atoms with Gasteiger partial charge in [-0.25, -0.2) is 0 Å². The third-order valence-electron chi connectivity index (χ3n) is 2.86. The number of halogens is 2. The van der Waals surface area contributed by atoms with Crippen molar-refractivity contribution in [2.24, 2.45) is 5.92 Å². The van der Waals surface area contributed by atoms with Crippen molar-refractivity contribution in [2.75, 3.05) is 17.3 Å². The molecular weight excluding hydrogens is 263 g/mol. The Bertz CT molecular complexity index is 509. The van der Waals surface area contributed by atoms with Crippen molar-refractivity contribution < 1.29 is 14.1 Å². The first-order chi connectivity index (χ1) is 8.54. The lowest BCUT2D eigenvalue weighted by atomic mass is 10.1. The minimum Gasteiger partial charge on any atom is -0.306 e. The molecule has 1 unspecified atom stereocenters. The number of rotatable bonds is 3. The van der Waals surface area contributed by atoms with Crippen LogP contribution in [0.5, 0.6) is 0 Å². The maximum absolute atomic E-state index is 13.5. The van der Waals surface area contributed by atoms with E-state index in [-0.39, 0.29) is 30.5 Å². The first kappa shape index (κ1) is 12.8. The van der Waals surface area contributed by atoms with Crippen LogP contribution in [0.15, 0.2) is 18.2 Å². The fourth-order valence-electron chi connectivity index (χ4n) is 2.02. The van der Waals surface area contributed by atoms with Crippen LogP contribution in [0.4, 0.5) is 15.8 Å². The maximum Gasteiger partial charge on any atom is 0.328 e. The van der Waals surface area contributed by atoms with Crippen molar-refractivity contribution in [3.05, 3.63) is 34.1 Å². The topological polar surface area (TPSA) is 63.5 Å². The van der Waals surface area contributed by atoms with Gasteiger partial charge in [0.1, 0.15) is 5.69 Å². The average Bonchev–Trinajstić information content (AvgIpc) is 2.69. The first-order valence-corrected chi connectivity index (χ1v) is 5.87. The molecule has 96 valence electrons. The van der Waals surface area contributed by atoms with Gasteiger partial charge in [0.2, 0.25) is 11.7 Å². The summed E-state index contributed by atoms with van der Waals surface area (Å²) < 4.78 is 13.5. The molecule has 1 saturated heterocycles. The molecule has 1 aliphatic rings. The van der Waals surface area contributed by atoms with E-state index < -0.39 is 16.4 Å². The molecule has 18 heavy (non-hydrogen) atoms. The lowest BCUT2D eigenvalue weighted by Gasteiger charge is -2.16. The molecule has 7 heteroatoms. The third-order valence-corrected chi connectivity index (χ3v) is 3.30. The number of alkyl halides is 1. The van der Waals surface area contributed by atoms with Crippen LogP contribution in [-0.2, 0) is 4.79 Å². The Morgan fingerprint density at radius 3 is 2.83 bits per heavy atom. The number of amides is 1. The second-order valence-electron chi connectivity index (χ2n) is 4.09. The van der Waals surface area contributed by atoms with Gasteiger partial charge in [0.25, 0.3) is 0 Å². The van der Waals surface area contributed by atoms with Crippen molar-refractivity contribution in [2.45, 2.75) is 6.42 Å². The number of nitrogens with zero attached hydrogens (tertiary/aromatic N) is 2. The summed E-state index contributed by atoms with van der Waals surface area (Å²) in [6.07, 6.45) is 0.233. The number of carbonyl (C=O) groups excluding carboxylic acids is 1. The summed E-state index contributed by atoms with van der Waals surface area (Å²) in [4.78, 5) is 23.0. The summed E-state index contributed by atoms with van der Waals surface area (Å²) >= 11 is 5.67. The molecule has 1 aromatic carbocycles. The molecule has 0 spiro atoms. The van der Waals surface area contributed by atoms with Crippen LogP contribution in [0.1, 0.15) is 6.42 Å². The van der Waals surface area contributed by atoms with E-state index >= 15 is 0 Å². The molecule has 1 heterocycles. The summed E-state index contributed by atoms with van der Waals surface area (Å²) in [5, 5.41) is 10.9. The van der Waals surface area contributed by atoms with Crippen LogP contribution in [0.2, 0.25) is 0 Å². The van der Waals surface area contributed by atoms with E-state index in [1.54, 1.807) is 0 Å². The van der Waals surface area contributed by atoms with Gasteiger partial charge in [-0.2, -0.15) is 4.39 Å². The number of hydrogen-bond donors (Lipinski definition) is 0. The van der Waals surface area contributed by atoms with Gasteiger partial charge in [-0.3, -0.25) is 14.9 Å². The van der Waals surface area contributed by atoms with Gasteiger partial charge in [0.05, 0.1) is 4.92 Å². The molecule has 2 rings (SSSR count). The van der Waals surface area contributed by atoms with Crippen molar-refractivity contribution in [1.82, 2.24) is 0 Å². The summed E-state index contributed by atoms with van der Waals surface area (Å²) in [7, 11) is 0. The van der Waals surface area contributed by atoms with Gasteiger partial charge in [0, 0.05) is 18.8 Å². The predicted octanol–water partition coefficient (Wildman–Crippen LogP) is 2.33. The Kier molecular flexibility index (Phi) is 3.47. The fraction of sp³-hybridized carbons (Fsp3) is 0.364. The molecular formula is C11H10ClFN2O3. The standard InChI is InChI=1S/C11H10ClFN2O3/c12-5-7-4-10(16)14(6-7)9-3-1-2-8(13)11(9)15(17)18/h1-3,7H,4-6H2. The summed E-state index contributed by atoms with van der Waals surface area (Å²) in [6.45, 7) is 0.284. The molecule has 0 aromatic heterocycles. The number of nitro benzene ring substituents is 1. The van der Waals surface area contributed by atoms with Crippen LogP contribution >= 0.6 is 11.6 Å². The maximum atomic E-state index is 13.5. The van der Waals surface area contributed by atoms with Crippen molar-refractivity contribution >= 4 is 28.9 Å². The Balaban J connectivity index is 2.43. The highest BCUT2D eigenvalue weighted by Crippen LogP contribution is 2.34. The lowest BCUT2D eigenvalue weighted by Crippen LogP contribution is -2.25. The van der Waals surface area contributed by atoms with Gasteiger partial charge in [-0.1, -0.05) is 6.07 Å². The summed E-state index contributed by atoms with van der Waals surface area (Å²) in [5.41, 5.74) is -0.668. The fourth-order valence-corrected chi connectivity index (χ4v) is 2.23. The SMILES string of the molecule is O=C1CC(CCl)CN1c1cccc(F)c1[N+](=O)[O-]. The molecule has 0 radical (unpaired) electrons. The quantitative estimate of drug-likeness (QED) is 0.482. The van der Waals surface area contributed by atoms with E-state index in [1.807, 2.05) is 0 Å². The van der Waals surface area contributed by atoms with E-state index in [0.717, 1.165) is 6.07 Å². The number of carbonyl (C=O) groups is 1. The van der Waals surface area contributed by atoms with Gasteiger partial charge in [-0.15, -0.1) is 11.6 Å². The molecule has 0 N–H and O–H groups in total. The van der Waals surface area contributed by atoms with Crippen molar-refractivity contribution in [3.63, 3.8) is 0 Å². The highest BCUT2D eigenvalue weighted by molar-refractivity contribution is 6.18. The van der Waals surface area contributed by atoms with Crippen LogP contribution < -0.4 is 4.90 Å². The Hall–Kier alpha value is -1.69. The zero-order valence-electron chi connectivity index (χ0n) is 9.31. The monoisotopic (exact) mass is 272 g/mol. The van der Waals surface area contributed by atoms with Gasteiger partial charge < -0.3 is 4.90 Å². The zero-order valence-corrected chi connectivity index (χ0v) is 10.1. The summed E-state index contributed by atoms with van der Waals surface area (Å²) in [5.74, 6) is -0.971. The molecule has 1 fully saturated rings. The van der Waals surface area contributed by atoms with Crippen LogP contribution in [0, 0.1) is 21.8 Å².